The predicted molar refractivity (Wildman–Crippen MR) is 69.9 cm³/mol. The molecule has 0 saturated heterocycles. The maximum Gasteiger partial charge on any atom is 0.145 e. The lowest BCUT2D eigenvalue weighted by Gasteiger charge is -2.14. The number of hydrogen-bond acceptors (Lipinski definition) is 4. The fraction of sp³-hybridized carbons (Fsp3) is 0.167. The van der Waals surface area contributed by atoms with Crippen LogP contribution in [0.25, 0.3) is 0 Å². The van der Waals surface area contributed by atoms with Gasteiger partial charge in [-0.3, -0.25) is 4.98 Å². The highest BCUT2D eigenvalue weighted by Gasteiger charge is 2.09. The molecule has 0 saturated carbocycles. The number of nitrogens with one attached hydrogen (secondary N) is 1. The molecule has 0 aliphatic rings. The number of halogens is 1. The molecule has 2 aromatic rings. The minimum Gasteiger partial charge on any atom is -0.397 e. The van der Waals surface area contributed by atoms with E-state index in [9.17, 15) is 0 Å². The van der Waals surface area contributed by atoms with Gasteiger partial charge in [-0.2, -0.15) is 0 Å². The molecule has 88 valence electrons. The summed E-state index contributed by atoms with van der Waals surface area (Å²) >= 11 is 6.04. The van der Waals surface area contributed by atoms with Gasteiger partial charge >= 0.3 is 0 Å². The summed E-state index contributed by atoms with van der Waals surface area (Å²) in [4.78, 5) is 8.41. The number of nitrogens with zero attached hydrogens (tertiary/aromatic N) is 2. The van der Waals surface area contributed by atoms with Crippen molar-refractivity contribution in [3.05, 3.63) is 47.4 Å². The molecular weight excluding hydrogens is 236 g/mol. The second-order valence-corrected chi connectivity index (χ2v) is 4.13. The highest BCUT2D eigenvalue weighted by Crippen LogP contribution is 2.24. The van der Waals surface area contributed by atoms with Crippen molar-refractivity contribution in [2.45, 2.75) is 13.0 Å². The van der Waals surface area contributed by atoms with Crippen LogP contribution in [-0.4, -0.2) is 9.97 Å². The third-order valence-corrected chi connectivity index (χ3v) is 2.64. The van der Waals surface area contributed by atoms with Crippen LogP contribution in [0.15, 0.2) is 36.7 Å². The average molecular weight is 249 g/mol. The molecule has 0 fully saturated rings. The van der Waals surface area contributed by atoms with Crippen LogP contribution in [0.3, 0.4) is 0 Å². The lowest BCUT2D eigenvalue weighted by molar-refractivity contribution is 0.832. The molecular formula is C12H13ClN4. The number of pyridine rings is 2. The lowest BCUT2D eigenvalue weighted by atomic mass is 10.2. The molecule has 4 nitrogen and oxygen atoms in total. The summed E-state index contributed by atoms with van der Waals surface area (Å²) in [5, 5.41) is 3.70. The van der Waals surface area contributed by atoms with Crippen molar-refractivity contribution in [3.8, 4) is 0 Å². The van der Waals surface area contributed by atoms with Gasteiger partial charge in [0.05, 0.1) is 28.6 Å². The van der Waals surface area contributed by atoms with Gasteiger partial charge in [0.2, 0.25) is 0 Å². The third kappa shape index (κ3) is 2.85. The Balaban J connectivity index is 2.16. The Morgan fingerprint density at radius 1 is 1.35 bits per heavy atom. The van der Waals surface area contributed by atoms with E-state index in [4.69, 9.17) is 17.3 Å². The van der Waals surface area contributed by atoms with Gasteiger partial charge in [0.25, 0.3) is 0 Å². The first-order chi connectivity index (χ1) is 8.16. The molecule has 1 unspecified atom stereocenters. The molecule has 2 aromatic heterocycles. The second kappa shape index (κ2) is 5.01. The number of nitrogens with two attached hydrogens (primary N) is 1. The van der Waals surface area contributed by atoms with Crippen molar-refractivity contribution in [1.82, 2.24) is 9.97 Å². The van der Waals surface area contributed by atoms with Gasteiger partial charge in [0.1, 0.15) is 5.82 Å². The molecule has 2 heterocycles. The van der Waals surface area contributed by atoms with Crippen molar-refractivity contribution < 1.29 is 0 Å². The standard InChI is InChI=1S/C12H13ClN4/c1-8(11-4-2-3-5-15-11)17-12-10(13)6-9(14)7-16-12/h2-8H,14H2,1H3,(H,16,17). The summed E-state index contributed by atoms with van der Waals surface area (Å²) < 4.78 is 0. The Labute approximate surface area is 105 Å². The summed E-state index contributed by atoms with van der Waals surface area (Å²) in [5.74, 6) is 0.610. The highest BCUT2D eigenvalue weighted by atomic mass is 35.5. The SMILES string of the molecule is CC(Nc1ncc(N)cc1Cl)c1ccccn1. The Hall–Kier alpha value is -1.81. The zero-order valence-corrected chi connectivity index (χ0v) is 10.1. The summed E-state index contributed by atoms with van der Waals surface area (Å²) in [6.07, 6.45) is 3.32. The minimum absolute atomic E-state index is 0.0322. The van der Waals surface area contributed by atoms with Crippen molar-refractivity contribution in [1.29, 1.82) is 0 Å². The van der Waals surface area contributed by atoms with Crippen molar-refractivity contribution in [2.24, 2.45) is 0 Å². The summed E-state index contributed by atoms with van der Waals surface area (Å²) in [7, 11) is 0. The zero-order chi connectivity index (χ0) is 12.3. The average Bonchev–Trinajstić information content (AvgIpc) is 2.34. The molecule has 0 spiro atoms. The van der Waals surface area contributed by atoms with Crippen LogP contribution in [0.2, 0.25) is 5.02 Å². The maximum absolute atomic E-state index is 6.04. The molecule has 0 aliphatic heterocycles. The normalized spacial score (nSPS) is 12.1. The molecule has 0 radical (unpaired) electrons. The molecule has 1 atom stereocenters. The molecule has 0 bridgehead atoms. The molecule has 5 heteroatoms. The van der Waals surface area contributed by atoms with E-state index in [1.165, 1.54) is 0 Å². The Morgan fingerprint density at radius 2 is 2.18 bits per heavy atom. The third-order valence-electron chi connectivity index (χ3n) is 2.35. The minimum atomic E-state index is 0.0322. The molecule has 0 aliphatic carbocycles. The van der Waals surface area contributed by atoms with Gasteiger partial charge < -0.3 is 11.1 Å². The Bertz CT molecular complexity index is 501. The van der Waals surface area contributed by atoms with Crippen molar-refractivity contribution >= 4 is 23.1 Å². The van der Waals surface area contributed by atoms with E-state index < -0.39 is 0 Å². The highest BCUT2D eigenvalue weighted by molar-refractivity contribution is 6.33. The molecule has 3 N–H and O–H groups in total. The van der Waals surface area contributed by atoms with Crippen LogP contribution in [0.4, 0.5) is 11.5 Å². The van der Waals surface area contributed by atoms with Crippen LogP contribution in [-0.2, 0) is 0 Å². The molecule has 0 aromatic carbocycles. The van der Waals surface area contributed by atoms with Crippen LogP contribution < -0.4 is 11.1 Å². The number of aromatic nitrogens is 2. The molecule has 17 heavy (non-hydrogen) atoms. The van der Waals surface area contributed by atoms with E-state index in [1.807, 2.05) is 25.1 Å². The van der Waals surface area contributed by atoms with E-state index >= 15 is 0 Å². The number of nitrogen functional groups attached to an aromatic ring is 1. The largest absolute Gasteiger partial charge is 0.397 e. The predicted octanol–water partition coefficient (Wildman–Crippen LogP) is 2.89. The van der Waals surface area contributed by atoms with Gasteiger partial charge in [0.15, 0.2) is 0 Å². The van der Waals surface area contributed by atoms with Crippen LogP contribution >= 0.6 is 11.6 Å². The fourth-order valence-corrected chi connectivity index (χ4v) is 1.70. The number of hydrogen-bond donors (Lipinski definition) is 2. The maximum atomic E-state index is 6.04. The van der Waals surface area contributed by atoms with Gasteiger partial charge in [-0.25, -0.2) is 4.98 Å². The summed E-state index contributed by atoms with van der Waals surface area (Å²) in [6.45, 7) is 2.00. The topological polar surface area (TPSA) is 63.8 Å². The molecule has 0 amide bonds. The van der Waals surface area contributed by atoms with Gasteiger partial charge in [-0.15, -0.1) is 0 Å². The van der Waals surface area contributed by atoms with Crippen LogP contribution in [0.1, 0.15) is 18.7 Å². The summed E-state index contributed by atoms with van der Waals surface area (Å²) in [5.41, 5.74) is 7.06. The lowest BCUT2D eigenvalue weighted by Crippen LogP contribution is -2.09. The van der Waals surface area contributed by atoms with Gasteiger partial charge in [0, 0.05) is 6.20 Å². The first-order valence-electron chi connectivity index (χ1n) is 5.25. The van der Waals surface area contributed by atoms with Crippen LogP contribution in [0, 0.1) is 0 Å². The van der Waals surface area contributed by atoms with Crippen LogP contribution in [0.5, 0.6) is 0 Å². The Morgan fingerprint density at radius 3 is 2.82 bits per heavy atom. The van der Waals surface area contributed by atoms with Gasteiger partial charge in [-0.1, -0.05) is 17.7 Å². The van der Waals surface area contributed by atoms with E-state index in [0.29, 0.717) is 16.5 Å². The Kier molecular flexibility index (Phi) is 3.44. The first kappa shape index (κ1) is 11.7. The second-order valence-electron chi connectivity index (χ2n) is 3.72. The molecule has 2 rings (SSSR count). The zero-order valence-electron chi connectivity index (χ0n) is 9.39. The fourth-order valence-electron chi connectivity index (χ4n) is 1.47. The van der Waals surface area contributed by atoms with E-state index in [0.717, 1.165) is 5.69 Å². The van der Waals surface area contributed by atoms with Gasteiger partial charge in [-0.05, 0) is 25.1 Å². The monoisotopic (exact) mass is 248 g/mol. The number of rotatable bonds is 3. The van der Waals surface area contributed by atoms with E-state index in [1.54, 1.807) is 18.5 Å². The smallest absolute Gasteiger partial charge is 0.145 e. The summed E-state index contributed by atoms with van der Waals surface area (Å²) in [6, 6.07) is 7.47. The van der Waals surface area contributed by atoms with E-state index in [2.05, 4.69) is 15.3 Å². The first-order valence-corrected chi connectivity index (χ1v) is 5.63. The van der Waals surface area contributed by atoms with Crippen molar-refractivity contribution in [3.63, 3.8) is 0 Å². The van der Waals surface area contributed by atoms with E-state index in [-0.39, 0.29) is 6.04 Å². The van der Waals surface area contributed by atoms with Crippen molar-refractivity contribution in [2.75, 3.05) is 11.1 Å². The number of anilines is 2. The quantitative estimate of drug-likeness (QED) is 0.877.